The Balaban J connectivity index is 2.30. The summed E-state index contributed by atoms with van der Waals surface area (Å²) >= 11 is 0. The van der Waals surface area contributed by atoms with Gasteiger partial charge in [0.1, 0.15) is 6.61 Å². The maximum Gasteiger partial charge on any atom is 0.107 e. The molecule has 1 fully saturated rings. The van der Waals surface area contributed by atoms with Gasteiger partial charge in [-0.3, -0.25) is 0 Å². The van der Waals surface area contributed by atoms with Gasteiger partial charge in [0.05, 0.1) is 18.8 Å². The second-order valence-electron chi connectivity index (χ2n) is 3.95. The molecule has 0 bridgehead atoms. The number of ether oxygens (including phenoxy) is 3. The van der Waals surface area contributed by atoms with Crippen molar-refractivity contribution >= 4 is 0 Å². The molecule has 3 unspecified atom stereocenters. The van der Waals surface area contributed by atoms with Crippen LogP contribution in [0.1, 0.15) is 19.3 Å². The smallest absolute Gasteiger partial charge is 0.107 e. The third kappa shape index (κ3) is 3.83. The monoisotopic (exact) mass is 212 g/mol. The Morgan fingerprint density at radius 1 is 1.20 bits per heavy atom. The van der Waals surface area contributed by atoms with Crippen LogP contribution >= 0.6 is 0 Å². The summed E-state index contributed by atoms with van der Waals surface area (Å²) in [6, 6.07) is 0. The lowest BCUT2D eigenvalue weighted by Crippen LogP contribution is -2.37. The van der Waals surface area contributed by atoms with Gasteiger partial charge < -0.3 is 14.2 Å². The second kappa shape index (κ2) is 6.84. The lowest BCUT2D eigenvalue weighted by Gasteiger charge is -2.34. The molecule has 0 heterocycles. The van der Waals surface area contributed by atoms with Gasteiger partial charge in [0.15, 0.2) is 0 Å². The highest BCUT2D eigenvalue weighted by molar-refractivity contribution is 4.84. The Morgan fingerprint density at radius 2 is 1.93 bits per heavy atom. The largest absolute Gasteiger partial charge is 0.379 e. The van der Waals surface area contributed by atoms with E-state index < -0.39 is 0 Å². The van der Waals surface area contributed by atoms with Crippen molar-refractivity contribution in [3.05, 3.63) is 0 Å². The van der Waals surface area contributed by atoms with Gasteiger partial charge in [0, 0.05) is 14.2 Å². The standard InChI is InChI=1S/C12H20O3/c1-4-7-15-9-10-5-6-11(13-2)12(8-10)14-3/h1,10-12H,5-9H2,2-3H3. The Hall–Kier alpha value is -0.560. The van der Waals surface area contributed by atoms with E-state index >= 15 is 0 Å². The lowest BCUT2D eigenvalue weighted by atomic mass is 9.85. The summed E-state index contributed by atoms with van der Waals surface area (Å²) in [7, 11) is 3.48. The number of hydrogen-bond acceptors (Lipinski definition) is 3. The van der Waals surface area contributed by atoms with Crippen LogP contribution in [0.15, 0.2) is 0 Å². The van der Waals surface area contributed by atoms with Gasteiger partial charge in [0.25, 0.3) is 0 Å². The van der Waals surface area contributed by atoms with E-state index in [1.165, 1.54) is 0 Å². The molecule has 86 valence electrons. The predicted molar refractivity (Wildman–Crippen MR) is 58.6 cm³/mol. The van der Waals surface area contributed by atoms with E-state index in [1.54, 1.807) is 14.2 Å². The maximum absolute atomic E-state index is 5.41. The molecule has 0 saturated heterocycles. The van der Waals surface area contributed by atoms with Crippen LogP contribution in [0.4, 0.5) is 0 Å². The van der Waals surface area contributed by atoms with Crippen molar-refractivity contribution in [1.29, 1.82) is 0 Å². The molecule has 1 aliphatic rings. The summed E-state index contributed by atoms with van der Waals surface area (Å²) < 4.78 is 16.1. The van der Waals surface area contributed by atoms with Gasteiger partial charge in [-0.1, -0.05) is 5.92 Å². The predicted octanol–water partition coefficient (Wildman–Crippen LogP) is 1.47. The number of terminal acetylenes is 1. The van der Waals surface area contributed by atoms with Crippen molar-refractivity contribution in [2.24, 2.45) is 5.92 Å². The third-order valence-electron chi connectivity index (χ3n) is 2.98. The molecule has 0 amide bonds. The first-order chi connectivity index (χ1) is 7.31. The molecule has 0 aromatic rings. The van der Waals surface area contributed by atoms with Gasteiger partial charge in [-0.05, 0) is 25.2 Å². The summed E-state index contributed by atoms with van der Waals surface area (Å²) in [5.41, 5.74) is 0. The highest BCUT2D eigenvalue weighted by atomic mass is 16.5. The molecule has 0 spiro atoms. The van der Waals surface area contributed by atoms with Crippen molar-refractivity contribution < 1.29 is 14.2 Å². The van der Waals surface area contributed by atoms with Crippen molar-refractivity contribution in [2.75, 3.05) is 27.4 Å². The third-order valence-corrected chi connectivity index (χ3v) is 2.98. The Labute approximate surface area is 92.1 Å². The molecule has 0 aliphatic heterocycles. The molecule has 0 N–H and O–H groups in total. The highest BCUT2D eigenvalue weighted by Crippen LogP contribution is 2.28. The summed E-state index contributed by atoms with van der Waals surface area (Å²) in [6.45, 7) is 1.14. The summed E-state index contributed by atoms with van der Waals surface area (Å²) in [4.78, 5) is 0. The zero-order valence-corrected chi connectivity index (χ0v) is 9.57. The molecule has 1 saturated carbocycles. The van der Waals surface area contributed by atoms with Gasteiger partial charge in [-0.25, -0.2) is 0 Å². The topological polar surface area (TPSA) is 27.7 Å². The first-order valence-corrected chi connectivity index (χ1v) is 5.38. The molecule has 3 nitrogen and oxygen atoms in total. The maximum atomic E-state index is 5.41. The normalized spacial score (nSPS) is 31.1. The number of hydrogen-bond donors (Lipinski definition) is 0. The van der Waals surface area contributed by atoms with Crippen molar-refractivity contribution in [1.82, 2.24) is 0 Å². The molecular formula is C12H20O3. The second-order valence-corrected chi connectivity index (χ2v) is 3.95. The van der Waals surface area contributed by atoms with Crippen molar-refractivity contribution in [3.63, 3.8) is 0 Å². The van der Waals surface area contributed by atoms with E-state index in [4.69, 9.17) is 20.6 Å². The fourth-order valence-electron chi connectivity index (χ4n) is 2.14. The molecule has 3 atom stereocenters. The van der Waals surface area contributed by atoms with Crippen LogP contribution in [0, 0.1) is 18.3 Å². The van der Waals surface area contributed by atoms with Gasteiger partial charge in [-0.2, -0.15) is 0 Å². The van der Waals surface area contributed by atoms with Gasteiger partial charge in [-0.15, -0.1) is 6.42 Å². The Bertz CT molecular complexity index is 209. The first-order valence-electron chi connectivity index (χ1n) is 5.38. The number of rotatable bonds is 5. The molecular weight excluding hydrogens is 192 g/mol. The van der Waals surface area contributed by atoms with E-state index in [2.05, 4.69) is 5.92 Å². The Kier molecular flexibility index (Phi) is 5.70. The average Bonchev–Trinajstić information content (AvgIpc) is 2.29. The van der Waals surface area contributed by atoms with E-state index in [0.717, 1.165) is 25.9 Å². The van der Waals surface area contributed by atoms with Crippen molar-refractivity contribution in [2.45, 2.75) is 31.5 Å². The van der Waals surface area contributed by atoms with Crippen LogP contribution in [-0.4, -0.2) is 39.6 Å². The van der Waals surface area contributed by atoms with Crippen LogP contribution in [0.5, 0.6) is 0 Å². The van der Waals surface area contributed by atoms with Crippen LogP contribution in [0.25, 0.3) is 0 Å². The number of methoxy groups -OCH3 is 2. The Morgan fingerprint density at radius 3 is 2.53 bits per heavy atom. The molecule has 15 heavy (non-hydrogen) atoms. The fraction of sp³-hybridized carbons (Fsp3) is 0.833. The van der Waals surface area contributed by atoms with Crippen LogP contribution < -0.4 is 0 Å². The van der Waals surface area contributed by atoms with Crippen LogP contribution in [0.2, 0.25) is 0 Å². The average molecular weight is 212 g/mol. The zero-order valence-electron chi connectivity index (χ0n) is 9.57. The quantitative estimate of drug-likeness (QED) is 0.510. The summed E-state index contributed by atoms with van der Waals surface area (Å²) in [5, 5.41) is 0. The van der Waals surface area contributed by atoms with E-state index in [1.807, 2.05) is 0 Å². The van der Waals surface area contributed by atoms with Gasteiger partial charge >= 0.3 is 0 Å². The minimum Gasteiger partial charge on any atom is -0.379 e. The lowest BCUT2D eigenvalue weighted by molar-refractivity contribution is -0.0782. The van der Waals surface area contributed by atoms with E-state index in [0.29, 0.717) is 12.5 Å². The first kappa shape index (κ1) is 12.5. The fourth-order valence-corrected chi connectivity index (χ4v) is 2.14. The molecule has 3 heteroatoms. The summed E-state index contributed by atoms with van der Waals surface area (Å²) in [5.74, 6) is 3.02. The van der Waals surface area contributed by atoms with Crippen LogP contribution in [0.3, 0.4) is 0 Å². The van der Waals surface area contributed by atoms with Crippen LogP contribution in [-0.2, 0) is 14.2 Å². The molecule has 1 aliphatic carbocycles. The molecule has 1 rings (SSSR count). The molecule has 0 aromatic carbocycles. The minimum absolute atomic E-state index is 0.197. The van der Waals surface area contributed by atoms with Crippen molar-refractivity contribution in [3.8, 4) is 12.3 Å². The highest BCUT2D eigenvalue weighted by Gasteiger charge is 2.30. The summed E-state index contributed by atoms with van der Waals surface area (Å²) in [6.07, 6.45) is 8.72. The van der Waals surface area contributed by atoms with Gasteiger partial charge in [0.2, 0.25) is 0 Å². The molecule has 0 aromatic heterocycles. The van der Waals surface area contributed by atoms with E-state index in [-0.39, 0.29) is 12.2 Å². The molecule has 0 radical (unpaired) electrons. The minimum atomic E-state index is 0.197. The zero-order chi connectivity index (χ0) is 11.1. The SMILES string of the molecule is C#CCOCC1CCC(OC)C(OC)C1. The van der Waals surface area contributed by atoms with E-state index in [9.17, 15) is 0 Å².